The van der Waals surface area contributed by atoms with Crippen LogP contribution >= 0.6 is 11.6 Å². The van der Waals surface area contributed by atoms with Crippen LogP contribution in [0.5, 0.6) is 6.01 Å². The quantitative estimate of drug-likeness (QED) is 0.420. The molecule has 0 spiro atoms. The van der Waals surface area contributed by atoms with Crippen LogP contribution in [0.2, 0.25) is 5.02 Å². The molecule has 41 heavy (non-hydrogen) atoms. The first-order valence-corrected chi connectivity index (χ1v) is 13.7. The van der Waals surface area contributed by atoms with E-state index in [9.17, 15) is 18.0 Å². The number of likely N-dealkylation sites (tertiary alicyclic amines) is 1. The van der Waals surface area contributed by atoms with Crippen LogP contribution in [-0.2, 0) is 11.0 Å². The molecular formula is C28H31ClF3N7O2. The highest BCUT2D eigenvalue weighted by Gasteiger charge is 2.35. The van der Waals surface area contributed by atoms with E-state index < -0.39 is 11.7 Å². The summed E-state index contributed by atoms with van der Waals surface area (Å²) < 4.78 is 47.7. The molecule has 2 N–H and O–H groups in total. The van der Waals surface area contributed by atoms with Crippen LogP contribution in [0.4, 0.5) is 24.8 Å². The van der Waals surface area contributed by atoms with Crippen LogP contribution in [0.1, 0.15) is 18.9 Å². The second kappa shape index (κ2) is 11.3. The number of benzene rings is 1. The molecule has 2 fully saturated rings. The lowest BCUT2D eigenvalue weighted by atomic mass is 10.0. The number of pyridine rings is 1. The zero-order valence-electron chi connectivity index (χ0n) is 22.8. The van der Waals surface area contributed by atoms with Gasteiger partial charge in [-0.2, -0.15) is 23.1 Å². The van der Waals surface area contributed by atoms with Crippen molar-refractivity contribution in [2.45, 2.75) is 25.6 Å². The number of aromatic nitrogens is 3. The van der Waals surface area contributed by atoms with Crippen molar-refractivity contribution in [3.8, 4) is 17.3 Å². The Bertz CT molecular complexity index is 1480. The fourth-order valence-corrected chi connectivity index (χ4v) is 5.75. The zero-order valence-corrected chi connectivity index (χ0v) is 23.5. The van der Waals surface area contributed by atoms with Gasteiger partial charge in [0.2, 0.25) is 5.91 Å². The van der Waals surface area contributed by atoms with Crippen molar-refractivity contribution in [3.63, 3.8) is 0 Å². The third-order valence-corrected chi connectivity index (χ3v) is 7.90. The molecule has 2 aliphatic heterocycles. The molecular weight excluding hydrogens is 559 g/mol. The SMILES string of the molecule is C=CC(=O)N1CCN(c2nc(OC[C@@H]3C[C@@H](C)CN3C)nc3cc(-c4nc(N)ccc4C(F)(F)F)c(Cl)cc23)CC1. The van der Waals surface area contributed by atoms with E-state index in [1.54, 1.807) is 11.0 Å². The number of nitrogen functional groups attached to an aromatic ring is 1. The third-order valence-electron chi connectivity index (χ3n) is 7.59. The molecule has 4 heterocycles. The maximum atomic E-state index is 13.9. The molecule has 9 nitrogen and oxygen atoms in total. The average Bonchev–Trinajstić information content (AvgIpc) is 3.26. The topological polar surface area (TPSA) is 101 Å². The fraction of sp³-hybridized carbons (Fsp3) is 0.429. The van der Waals surface area contributed by atoms with Crippen LogP contribution in [0.3, 0.4) is 0 Å². The van der Waals surface area contributed by atoms with E-state index in [1.807, 2.05) is 11.9 Å². The maximum Gasteiger partial charge on any atom is 0.418 e. The Hall–Kier alpha value is -3.64. The molecule has 13 heteroatoms. The minimum Gasteiger partial charge on any atom is -0.462 e. The van der Waals surface area contributed by atoms with Crippen LogP contribution in [0.15, 0.2) is 36.9 Å². The van der Waals surface area contributed by atoms with Gasteiger partial charge < -0.3 is 20.3 Å². The highest BCUT2D eigenvalue weighted by atomic mass is 35.5. The highest BCUT2D eigenvalue weighted by molar-refractivity contribution is 6.34. The Morgan fingerprint density at radius 3 is 2.56 bits per heavy atom. The second-order valence-corrected chi connectivity index (χ2v) is 11.0. The van der Waals surface area contributed by atoms with Crippen LogP contribution in [-0.4, -0.2) is 83.1 Å². The summed E-state index contributed by atoms with van der Waals surface area (Å²) in [6.07, 6.45) is -2.42. The first kappa shape index (κ1) is 28.9. The predicted octanol–water partition coefficient (Wildman–Crippen LogP) is 4.50. The number of rotatable bonds is 6. The number of piperazine rings is 1. The Labute approximate surface area is 240 Å². The van der Waals surface area contributed by atoms with Crippen molar-refractivity contribution in [2.75, 3.05) is 57.0 Å². The lowest BCUT2D eigenvalue weighted by Gasteiger charge is -2.35. The molecule has 2 atom stereocenters. The van der Waals surface area contributed by atoms with Gasteiger partial charge in [0, 0.05) is 49.7 Å². The van der Waals surface area contributed by atoms with Gasteiger partial charge >= 0.3 is 12.2 Å². The van der Waals surface area contributed by atoms with E-state index in [-0.39, 0.29) is 40.1 Å². The second-order valence-electron chi connectivity index (χ2n) is 10.6. The first-order valence-electron chi connectivity index (χ1n) is 13.3. The van der Waals surface area contributed by atoms with E-state index in [1.165, 1.54) is 12.1 Å². The van der Waals surface area contributed by atoms with E-state index in [0.717, 1.165) is 25.1 Å². The van der Waals surface area contributed by atoms with Crippen LogP contribution < -0.4 is 15.4 Å². The molecule has 2 aliphatic rings. The maximum absolute atomic E-state index is 13.9. The number of carbonyl (C=O) groups is 1. The largest absolute Gasteiger partial charge is 0.462 e. The summed E-state index contributed by atoms with van der Waals surface area (Å²) in [5.74, 6) is 0.834. The van der Waals surface area contributed by atoms with Gasteiger partial charge in [0.1, 0.15) is 18.2 Å². The Balaban J connectivity index is 1.58. The standard InChI is InChI=1S/C28H31ClF3N7O2/c1-4-24(40)38-7-9-39(10-8-38)26-19-12-21(29)18(25-20(28(30,31)32)5-6-23(33)35-25)13-22(19)34-27(36-26)41-15-17-11-16(2)14-37(17)3/h4-6,12-13,16-17H,1,7-11,14-15H2,2-3H3,(H2,33,35)/t16-,17+/m1/s1. The molecule has 1 aromatic carbocycles. The molecule has 2 saturated heterocycles. The lowest BCUT2D eigenvalue weighted by Crippen LogP contribution is -2.48. The summed E-state index contributed by atoms with van der Waals surface area (Å²) >= 11 is 6.60. The van der Waals surface area contributed by atoms with Gasteiger partial charge in [0.05, 0.1) is 21.8 Å². The van der Waals surface area contributed by atoms with Crippen molar-refractivity contribution in [1.29, 1.82) is 0 Å². The molecule has 2 aromatic heterocycles. The van der Waals surface area contributed by atoms with Gasteiger partial charge in [-0.15, -0.1) is 0 Å². The smallest absolute Gasteiger partial charge is 0.418 e. The van der Waals surface area contributed by atoms with Gasteiger partial charge in [0.15, 0.2) is 0 Å². The van der Waals surface area contributed by atoms with E-state index in [4.69, 9.17) is 27.1 Å². The Morgan fingerprint density at radius 1 is 1.20 bits per heavy atom. The lowest BCUT2D eigenvalue weighted by molar-refractivity contribution is -0.137. The number of hydrogen-bond donors (Lipinski definition) is 1. The molecule has 3 aromatic rings. The van der Waals surface area contributed by atoms with Crippen LogP contribution in [0.25, 0.3) is 22.2 Å². The summed E-state index contributed by atoms with van der Waals surface area (Å²) in [6, 6.07) is 5.30. The van der Waals surface area contributed by atoms with Gasteiger partial charge in [-0.3, -0.25) is 9.69 Å². The number of nitrogens with two attached hydrogens (primary N) is 1. The van der Waals surface area contributed by atoms with Crippen molar-refractivity contribution in [1.82, 2.24) is 24.8 Å². The number of fused-ring (bicyclic) bond motifs is 1. The normalized spacial score (nSPS) is 20.0. The number of carbonyl (C=O) groups excluding carboxylic acids is 1. The van der Waals surface area contributed by atoms with Gasteiger partial charge in [-0.25, -0.2) is 4.98 Å². The van der Waals surface area contributed by atoms with Crippen molar-refractivity contribution in [3.05, 3.63) is 47.5 Å². The highest BCUT2D eigenvalue weighted by Crippen LogP contribution is 2.41. The molecule has 218 valence electrons. The van der Waals surface area contributed by atoms with E-state index in [2.05, 4.69) is 28.4 Å². The summed E-state index contributed by atoms with van der Waals surface area (Å²) in [5, 5.41) is 0.584. The number of amides is 1. The van der Waals surface area contributed by atoms with E-state index >= 15 is 0 Å². The number of likely N-dealkylation sites (N-methyl/N-ethyl adjacent to an activating group) is 1. The third kappa shape index (κ3) is 6.03. The molecule has 5 rings (SSSR count). The monoisotopic (exact) mass is 589 g/mol. The summed E-state index contributed by atoms with van der Waals surface area (Å²) in [6.45, 7) is 8.91. The molecule has 0 saturated carbocycles. The summed E-state index contributed by atoms with van der Waals surface area (Å²) in [4.78, 5) is 31.3. The van der Waals surface area contributed by atoms with Crippen molar-refractivity contribution < 1.29 is 22.7 Å². The summed E-state index contributed by atoms with van der Waals surface area (Å²) in [7, 11) is 2.04. The van der Waals surface area contributed by atoms with Crippen molar-refractivity contribution >= 4 is 40.0 Å². The number of ether oxygens (including phenoxy) is 1. The van der Waals surface area contributed by atoms with Gasteiger partial charge in [0.25, 0.3) is 0 Å². The number of halogens is 4. The number of hydrogen-bond acceptors (Lipinski definition) is 8. The Morgan fingerprint density at radius 2 is 1.93 bits per heavy atom. The molecule has 1 amide bonds. The molecule has 0 bridgehead atoms. The molecule has 0 radical (unpaired) electrons. The minimum absolute atomic E-state index is 0.0418. The van der Waals surface area contributed by atoms with Crippen molar-refractivity contribution in [2.24, 2.45) is 5.92 Å². The number of anilines is 2. The fourth-order valence-electron chi connectivity index (χ4n) is 5.50. The first-order chi connectivity index (χ1) is 19.4. The van der Waals surface area contributed by atoms with Crippen LogP contribution in [0, 0.1) is 5.92 Å². The molecule has 0 unspecified atom stereocenters. The van der Waals surface area contributed by atoms with E-state index in [0.29, 0.717) is 55.4 Å². The number of alkyl halides is 3. The molecule has 0 aliphatic carbocycles. The number of nitrogens with zero attached hydrogens (tertiary/aromatic N) is 6. The Kier molecular flexibility index (Phi) is 7.97. The van der Waals surface area contributed by atoms with Gasteiger partial charge in [-0.1, -0.05) is 25.1 Å². The predicted molar refractivity (Wildman–Crippen MR) is 152 cm³/mol. The zero-order chi connectivity index (χ0) is 29.5. The summed E-state index contributed by atoms with van der Waals surface area (Å²) in [5.41, 5.74) is 4.81. The average molecular weight is 590 g/mol. The van der Waals surface area contributed by atoms with Gasteiger partial charge in [-0.05, 0) is 49.7 Å². The minimum atomic E-state index is -4.67.